The lowest BCUT2D eigenvalue weighted by atomic mass is 9.84. The third kappa shape index (κ3) is 1.69. The van der Waals surface area contributed by atoms with Crippen molar-refractivity contribution in [3.05, 3.63) is 23.5 Å². The van der Waals surface area contributed by atoms with E-state index in [2.05, 4.69) is 9.98 Å². The van der Waals surface area contributed by atoms with E-state index in [0.29, 0.717) is 0 Å². The summed E-state index contributed by atoms with van der Waals surface area (Å²) in [5, 5.41) is 0. The van der Waals surface area contributed by atoms with Gasteiger partial charge in [-0.25, -0.2) is 0 Å². The van der Waals surface area contributed by atoms with Gasteiger partial charge >= 0.3 is 0 Å². The third-order valence-corrected chi connectivity index (χ3v) is 3.61. The average Bonchev–Trinajstić information content (AvgIpc) is 2.85. The zero-order valence-electron chi connectivity index (χ0n) is 8.95. The molecule has 0 radical (unpaired) electrons. The van der Waals surface area contributed by atoms with E-state index in [1.807, 2.05) is 18.6 Å². The number of nitrogens with zero attached hydrogens (tertiary/aromatic N) is 2. The average molecular weight is 200 g/mol. The molecular weight excluding hydrogens is 184 g/mol. The number of allylic oxidation sites excluding steroid dienone is 2. The Morgan fingerprint density at radius 3 is 2.87 bits per heavy atom. The molecule has 2 aliphatic heterocycles. The van der Waals surface area contributed by atoms with E-state index in [-0.39, 0.29) is 0 Å². The van der Waals surface area contributed by atoms with E-state index < -0.39 is 0 Å². The van der Waals surface area contributed by atoms with E-state index in [9.17, 15) is 0 Å². The predicted molar refractivity (Wildman–Crippen MR) is 63.3 cm³/mol. The molecule has 0 aromatic heterocycles. The Balaban J connectivity index is 1.65. The second-order valence-electron chi connectivity index (χ2n) is 4.69. The van der Waals surface area contributed by atoms with E-state index in [1.54, 1.807) is 0 Å². The van der Waals surface area contributed by atoms with Gasteiger partial charge in [0.05, 0.1) is 5.71 Å². The van der Waals surface area contributed by atoms with Crippen LogP contribution in [0, 0.1) is 5.92 Å². The summed E-state index contributed by atoms with van der Waals surface area (Å²) in [6.45, 7) is 0. The van der Waals surface area contributed by atoms with E-state index in [1.165, 1.54) is 49.0 Å². The van der Waals surface area contributed by atoms with Crippen molar-refractivity contribution < 1.29 is 0 Å². The first kappa shape index (κ1) is 9.08. The first-order valence-electron chi connectivity index (χ1n) is 5.94. The SMILES string of the molecule is C1=NC=C2C1=CN=C2CC1CCCCC1. The lowest BCUT2D eigenvalue weighted by Crippen LogP contribution is -2.12. The van der Waals surface area contributed by atoms with Gasteiger partial charge in [0.1, 0.15) is 0 Å². The van der Waals surface area contributed by atoms with Gasteiger partial charge in [-0.3, -0.25) is 9.98 Å². The summed E-state index contributed by atoms with van der Waals surface area (Å²) >= 11 is 0. The molecule has 0 amide bonds. The second-order valence-corrected chi connectivity index (χ2v) is 4.69. The van der Waals surface area contributed by atoms with Crippen LogP contribution in [0.4, 0.5) is 0 Å². The van der Waals surface area contributed by atoms with Crippen LogP contribution >= 0.6 is 0 Å². The minimum Gasteiger partial charge on any atom is -0.263 e. The Morgan fingerprint density at radius 2 is 2.00 bits per heavy atom. The molecule has 0 N–H and O–H groups in total. The standard InChI is InChI=1S/C13H16N2/c1-2-4-10(5-3-1)6-13-12-9-14-7-11(12)8-15-13/h7-10H,1-6H2. The van der Waals surface area contributed by atoms with Crippen molar-refractivity contribution in [1.29, 1.82) is 0 Å². The van der Waals surface area contributed by atoms with Gasteiger partial charge in [0.25, 0.3) is 0 Å². The molecule has 0 aromatic carbocycles. The van der Waals surface area contributed by atoms with Crippen molar-refractivity contribution in [2.45, 2.75) is 38.5 Å². The van der Waals surface area contributed by atoms with Crippen LogP contribution in [0.1, 0.15) is 38.5 Å². The molecule has 0 saturated heterocycles. The van der Waals surface area contributed by atoms with Crippen molar-refractivity contribution in [3.63, 3.8) is 0 Å². The molecule has 0 spiro atoms. The molecule has 78 valence electrons. The number of aliphatic imine (C=N–C) groups is 2. The summed E-state index contributed by atoms with van der Waals surface area (Å²) in [5.41, 5.74) is 3.76. The van der Waals surface area contributed by atoms with E-state index >= 15 is 0 Å². The monoisotopic (exact) mass is 200 g/mol. The van der Waals surface area contributed by atoms with Gasteiger partial charge < -0.3 is 0 Å². The van der Waals surface area contributed by atoms with Gasteiger partial charge in [0.2, 0.25) is 0 Å². The lowest BCUT2D eigenvalue weighted by Gasteiger charge is -2.21. The fourth-order valence-electron chi connectivity index (χ4n) is 2.72. The first-order chi connectivity index (χ1) is 7.43. The summed E-state index contributed by atoms with van der Waals surface area (Å²) in [4.78, 5) is 8.68. The zero-order valence-corrected chi connectivity index (χ0v) is 8.95. The molecule has 3 rings (SSSR count). The highest BCUT2D eigenvalue weighted by Gasteiger charge is 2.23. The Morgan fingerprint density at radius 1 is 1.13 bits per heavy atom. The number of hydrogen-bond acceptors (Lipinski definition) is 2. The minimum atomic E-state index is 0.867. The summed E-state index contributed by atoms with van der Waals surface area (Å²) in [6, 6.07) is 0. The van der Waals surface area contributed by atoms with Crippen LogP contribution in [0.25, 0.3) is 0 Å². The maximum Gasteiger partial charge on any atom is 0.0501 e. The van der Waals surface area contributed by atoms with Crippen molar-refractivity contribution in [3.8, 4) is 0 Å². The predicted octanol–water partition coefficient (Wildman–Crippen LogP) is 3.26. The van der Waals surface area contributed by atoms with E-state index in [4.69, 9.17) is 0 Å². The minimum absolute atomic E-state index is 0.867. The highest BCUT2D eigenvalue weighted by molar-refractivity contribution is 6.14. The van der Waals surface area contributed by atoms with Gasteiger partial charge in [-0.1, -0.05) is 32.1 Å². The highest BCUT2D eigenvalue weighted by atomic mass is 14.8. The van der Waals surface area contributed by atoms with Gasteiger partial charge in [-0.05, 0) is 12.3 Å². The molecule has 2 nitrogen and oxygen atoms in total. The van der Waals surface area contributed by atoms with Crippen LogP contribution < -0.4 is 0 Å². The Kier molecular flexibility index (Phi) is 2.28. The van der Waals surface area contributed by atoms with E-state index in [0.717, 1.165) is 12.3 Å². The van der Waals surface area contributed by atoms with Crippen molar-refractivity contribution in [2.24, 2.45) is 15.9 Å². The summed E-state index contributed by atoms with van der Waals surface area (Å²) in [5.74, 6) is 0.867. The van der Waals surface area contributed by atoms with Crippen LogP contribution in [0.2, 0.25) is 0 Å². The summed E-state index contributed by atoms with van der Waals surface area (Å²) in [7, 11) is 0. The van der Waals surface area contributed by atoms with Crippen molar-refractivity contribution in [1.82, 2.24) is 0 Å². The van der Waals surface area contributed by atoms with Crippen molar-refractivity contribution >= 4 is 11.9 Å². The molecule has 2 heterocycles. The van der Waals surface area contributed by atoms with Gasteiger partial charge in [0, 0.05) is 29.8 Å². The molecule has 1 fully saturated rings. The summed E-state index contributed by atoms with van der Waals surface area (Å²) in [6.07, 6.45) is 14.0. The van der Waals surface area contributed by atoms with Crippen LogP contribution in [-0.2, 0) is 0 Å². The number of hydrogen-bond donors (Lipinski definition) is 0. The molecule has 1 aliphatic carbocycles. The fourth-order valence-corrected chi connectivity index (χ4v) is 2.72. The number of rotatable bonds is 2. The van der Waals surface area contributed by atoms with Gasteiger partial charge in [-0.2, -0.15) is 0 Å². The van der Waals surface area contributed by atoms with Crippen molar-refractivity contribution in [2.75, 3.05) is 0 Å². The van der Waals surface area contributed by atoms with Gasteiger partial charge in [0.15, 0.2) is 0 Å². The Hall–Kier alpha value is -1.18. The molecule has 0 unspecified atom stereocenters. The number of fused-ring (bicyclic) bond motifs is 1. The normalized spacial score (nSPS) is 24.9. The molecule has 15 heavy (non-hydrogen) atoms. The largest absolute Gasteiger partial charge is 0.263 e. The second kappa shape index (κ2) is 3.76. The smallest absolute Gasteiger partial charge is 0.0501 e. The molecule has 2 heteroatoms. The quantitative estimate of drug-likeness (QED) is 0.653. The van der Waals surface area contributed by atoms with Gasteiger partial charge in [-0.15, -0.1) is 0 Å². The molecule has 1 saturated carbocycles. The molecular formula is C13H16N2. The van der Waals surface area contributed by atoms with Crippen LogP contribution in [0.15, 0.2) is 33.5 Å². The maximum atomic E-state index is 4.51. The molecule has 0 atom stereocenters. The Labute approximate surface area is 90.5 Å². The zero-order chi connectivity index (χ0) is 10.1. The van der Waals surface area contributed by atoms with Crippen LogP contribution in [-0.4, -0.2) is 11.9 Å². The topological polar surface area (TPSA) is 24.7 Å². The van der Waals surface area contributed by atoms with Crippen LogP contribution in [0.5, 0.6) is 0 Å². The third-order valence-electron chi connectivity index (χ3n) is 3.61. The Bertz CT molecular complexity index is 379. The van der Waals surface area contributed by atoms with Crippen LogP contribution in [0.3, 0.4) is 0 Å². The summed E-state index contributed by atoms with van der Waals surface area (Å²) < 4.78 is 0. The highest BCUT2D eigenvalue weighted by Crippen LogP contribution is 2.31. The lowest BCUT2D eigenvalue weighted by molar-refractivity contribution is 0.368. The molecule has 0 bridgehead atoms. The molecule has 3 aliphatic rings. The maximum absolute atomic E-state index is 4.51. The molecule has 0 aromatic rings. The first-order valence-corrected chi connectivity index (χ1v) is 5.94. The fraction of sp³-hybridized carbons (Fsp3) is 0.538.